The molecule has 0 unspecified atom stereocenters. The first-order valence-corrected chi connectivity index (χ1v) is 11.8. The van der Waals surface area contributed by atoms with Gasteiger partial charge in [0.25, 0.3) is 11.8 Å². The molecule has 11 nitrogen and oxygen atoms in total. The van der Waals surface area contributed by atoms with Gasteiger partial charge in [-0.2, -0.15) is 10.1 Å². The highest BCUT2D eigenvalue weighted by atomic mass is 19.1. The van der Waals surface area contributed by atoms with Crippen LogP contribution >= 0.6 is 0 Å². The number of carbonyl (C=O) groups is 2. The number of aryl methyl sites for hydroxylation is 1. The molecule has 0 bridgehead atoms. The third kappa shape index (κ3) is 5.00. The van der Waals surface area contributed by atoms with Gasteiger partial charge in [-0.3, -0.25) is 14.3 Å². The minimum atomic E-state index is -0.674. The van der Waals surface area contributed by atoms with Crippen LogP contribution in [0.15, 0.2) is 36.7 Å². The van der Waals surface area contributed by atoms with E-state index in [0.29, 0.717) is 16.3 Å². The van der Waals surface area contributed by atoms with Gasteiger partial charge in [0.2, 0.25) is 0 Å². The molecule has 37 heavy (non-hydrogen) atoms. The summed E-state index contributed by atoms with van der Waals surface area (Å²) in [5.41, 5.74) is 7.14. The number of ether oxygens (including phenoxy) is 1. The number of primary amides is 1. The van der Waals surface area contributed by atoms with E-state index in [9.17, 15) is 14.0 Å². The molecule has 0 radical (unpaired) electrons. The molecule has 1 fully saturated rings. The predicted molar refractivity (Wildman–Crippen MR) is 137 cm³/mol. The Balaban J connectivity index is 1.54. The van der Waals surface area contributed by atoms with Crippen LogP contribution in [-0.2, 0) is 11.8 Å². The Kier molecular flexibility index (Phi) is 6.34. The smallest absolute Gasteiger partial charge is 0.317 e. The van der Waals surface area contributed by atoms with Crippen molar-refractivity contribution in [3.05, 3.63) is 48.0 Å². The first-order chi connectivity index (χ1) is 17.7. The van der Waals surface area contributed by atoms with Crippen LogP contribution in [0.2, 0.25) is 0 Å². The molecular weight excluding hydrogens is 479 g/mol. The number of amides is 2. The van der Waals surface area contributed by atoms with Gasteiger partial charge >= 0.3 is 6.01 Å². The van der Waals surface area contributed by atoms with Crippen LogP contribution in [0.3, 0.4) is 0 Å². The molecule has 2 aromatic carbocycles. The number of nitrogens with two attached hydrogens (primary N) is 1. The zero-order chi connectivity index (χ0) is 26.3. The molecule has 1 aliphatic rings. The molecule has 4 N–H and O–H groups in total. The molecule has 0 aliphatic carbocycles. The first kappa shape index (κ1) is 24.4. The van der Waals surface area contributed by atoms with Crippen LogP contribution in [-0.4, -0.2) is 63.3 Å². The van der Waals surface area contributed by atoms with Crippen molar-refractivity contribution in [2.75, 3.05) is 29.9 Å². The first-order valence-electron chi connectivity index (χ1n) is 11.8. The molecule has 0 spiro atoms. The zero-order valence-corrected chi connectivity index (χ0v) is 20.7. The fourth-order valence-electron chi connectivity index (χ4n) is 4.76. The lowest BCUT2D eigenvalue weighted by atomic mass is 10.0. The van der Waals surface area contributed by atoms with E-state index in [1.54, 1.807) is 31.6 Å². The second-order valence-corrected chi connectivity index (χ2v) is 9.33. The summed E-state index contributed by atoms with van der Waals surface area (Å²) >= 11 is 0. The zero-order valence-electron chi connectivity index (χ0n) is 20.7. The largest absolute Gasteiger partial charge is 0.453 e. The number of hydrogen-bond acceptors (Lipinski definition) is 8. The van der Waals surface area contributed by atoms with Gasteiger partial charge in [0.15, 0.2) is 12.4 Å². The number of aromatic nitrogens is 4. The molecule has 2 amide bonds. The van der Waals surface area contributed by atoms with Gasteiger partial charge in [-0.15, -0.1) is 0 Å². The third-order valence-electron chi connectivity index (χ3n) is 6.13. The number of piperazine rings is 1. The highest BCUT2D eigenvalue weighted by Crippen LogP contribution is 2.31. The van der Waals surface area contributed by atoms with Crippen LogP contribution in [0.4, 0.5) is 15.8 Å². The average molecular weight is 507 g/mol. The standard InChI is InChI=1S/C25H27FN8O3/c1-13-9-34(10-14(2)29-13)20-5-4-17(23-18(20)8-28-25(31-23)37-12-21(27)35)24(36)30-16-6-15-11-33(3)32-22(15)19(26)7-16/h4-8,11,13-14,29H,9-10,12H2,1-3H3,(H2,27,35)(H,30,36)/t13-,14-/m0/s1. The number of anilines is 2. The molecular formula is C25H27FN8O3. The number of halogens is 1. The molecule has 192 valence electrons. The highest BCUT2D eigenvalue weighted by molar-refractivity contribution is 6.14. The van der Waals surface area contributed by atoms with Crippen molar-refractivity contribution in [1.82, 2.24) is 25.1 Å². The fraction of sp³-hybridized carbons (Fsp3) is 0.320. The molecule has 2 aromatic heterocycles. The maximum atomic E-state index is 14.6. The van der Waals surface area contributed by atoms with Crippen LogP contribution < -0.4 is 26.0 Å². The van der Waals surface area contributed by atoms with Crippen LogP contribution in [0, 0.1) is 5.82 Å². The molecule has 0 saturated carbocycles. The van der Waals surface area contributed by atoms with E-state index in [2.05, 4.69) is 44.4 Å². The SMILES string of the molecule is C[C@H]1CN(c2ccc(C(=O)Nc3cc(F)c4nn(C)cc4c3)c3nc(OCC(N)=O)ncc23)C[C@H](C)N1. The summed E-state index contributed by atoms with van der Waals surface area (Å²) in [6.45, 7) is 5.34. The topological polar surface area (TPSA) is 140 Å². The van der Waals surface area contributed by atoms with E-state index >= 15 is 0 Å². The van der Waals surface area contributed by atoms with Gasteiger partial charge in [-0.25, -0.2) is 9.37 Å². The second kappa shape index (κ2) is 9.62. The van der Waals surface area contributed by atoms with Gasteiger partial charge in [0.1, 0.15) is 5.52 Å². The highest BCUT2D eigenvalue weighted by Gasteiger charge is 2.25. The van der Waals surface area contributed by atoms with E-state index in [1.165, 1.54) is 10.7 Å². The Morgan fingerprint density at radius 1 is 1.22 bits per heavy atom. The van der Waals surface area contributed by atoms with E-state index in [1.807, 2.05) is 6.07 Å². The van der Waals surface area contributed by atoms with Gasteiger partial charge in [0, 0.05) is 66.8 Å². The summed E-state index contributed by atoms with van der Waals surface area (Å²) in [7, 11) is 1.70. The number of rotatable bonds is 6. The van der Waals surface area contributed by atoms with E-state index < -0.39 is 24.2 Å². The maximum Gasteiger partial charge on any atom is 0.317 e. The summed E-state index contributed by atoms with van der Waals surface area (Å²) in [5.74, 6) is -1.70. The number of benzene rings is 2. The van der Waals surface area contributed by atoms with E-state index in [0.717, 1.165) is 18.8 Å². The maximum absolute atomic E-state index is 14.6. The third-order valence-corrected chi connectivity index (χ3v) is 6.13. The molecule has 12 heteroatoms. The number of nitrogens with one attached hydrogen (secondary N) is 2. The predicted octanol–water partition coefficient (Wildman–Crippen LogP) is 1.96. The normalized spacial score (nSPS) is 17.8. The summed E-state index contributed by atoms with van der Waals surface area (Å²) in [6, 6.07) is 6.86. The number of fused-ring (bicyclic) bond motifs is 2. The van der Waals surface area contributed by atoms with Crippen LogP contribution in [0.1, 0.15) is 24.2 Å². The van der Waals surface area contributed by atoms with Crippen molar-refractivity contribution in [3.63, 3.8) is 0 Å². The molecule has 3 heterocycles. The summed E-state index contributed by atoms with van der Waals surface area (Å²) in [6.07, 6.45) is 3.24. The summed E-state index contributed by atoms with van der Waals surface area (Å²) in [4.78, 5) is 35.5. The Morgan fingerprint density at radius 3 is 2.70 bits per heavy atom. The van der Waals surface area contributed by atoms with Gasteiger partial charge in [-0.1, -0.05) is 0 Å². The number of hydrogen-bond donors (Lipinski definition) is 3. The van der Waals surface area contributed by atoms with Crippen LogP contribution in [0.25, 0.3) is 21.8 Å². The van der Waals surface area contributed by atoms with Crippen molar-refractivity contribution in [2.24, 2.45) is 12.8 Å². The molecule has 1 saturated heterocycles. The molecule has 4 aromatic rings. The Hall–Kier alpha value is -4.32. The van der Waals surface area contributed by atoms with Crippen LogP contribution in [0.5, 0.6) is 6.01 Å². The van der Waals surface area contributed by atoms with Gasteiger partial charge < -0.3 is 26.0 Å². The minimum absolute atomic E-state index is 0.0811. The quantitative estimate of drug-likeness (QED) is 0.361. The number of carbonyl (C=O) groups excluding carboxylic acids is 2. The fourth-order valence-corrected chi connectivity index (χ4v) is 4.76. The second-order valence-electron chi connectivity index (χ2n) is 9.33. The molecule has 2 atom stereocenters. The lowest BCUT2D eigenvalue weighted by Gasteiger charge is -2.38. The van der Waals surface area contributed by atoms with E-state index in [-0.39, 0.29) is 34.9 Å². The number of nitrogens with zero attached hydrogens (tertiary/aromatic N) is 5. The Labute approximate surface area is 211 Å². The Morgan fingerprint density at radius 2 is 1.97 bits per heavy atom. The lowest BCUT2D eigenvalue weighted by Crippen LogP contribution is -2.54. The molecule has 1 aliphatic heterocycles. The molecule has 5 rings (SSSR count). The van der Waals surface area contributed by atoms with Crippen molar-refractivity contribution in [1.29, 1.82) is 0 Å². The average Bonchev–Trinajstić information content (AvgIpc) is 3.22. The summed E-state index contributed by atoms with van der Waals surface area (Å²) < 4.78 is 21.4. The Bertz CT molecular complexity index is 1510. The van der Waals surface area contributed by atoms with Crippen molar-refractivity contribution < 1.29 is 18.7 Å². The van der Waals surface area contributed by atoms with Crippen molar-refractivity contribution in [2.45, 2.75) is 25.9 Å². The van der Waals surface area contributed by atoms with E-state index in [4.69, 9.17) is 10.5 Å². The lowest BCUT2D eigenvalue weighted by molar-refractivity contribution is -0.120. The van der Waals surface area contributed by atoms with Gasteiger partial charge in [0.05, 0.1) is 11.1 Å². The van der Waals surface area contributed by atoms with Crippen molar-refractivity contribution in [3.8, 4) is 6.01 Å². The van der Waals surface area contributed by atoms with Gasteiger partial charge in [-0.05, 0) is 38.1 Å². The monoisotopic (exact) mass is 506 g/mol. The van der Waals surface area contributed by atoms with Crippen molar-refractivity contribution >= 4 is 45.0 Å². The summed E-state index contributed by atoms with van der Waals surface area (Å²) in [5, 5.41) is 11.6. The minimum Gasteiger partial charge on any atom is -0.453 e.